The van der Waals surface area contributed by atoms with Crippen LogP contribution >= 0.6 is 11.8 Å². The highest BCUT2D eigenvalue weighted by atomic mass is 32.2. The number of rotatable bonds is 6. The van der Waals surface area contributed by atoms with Gasteiger partial charge < -0.3 is 16.0 Å². The Kier molecular flexibility index (Phi) is 7.19. The summed E-state index contributed by atoms with van der Waals surface area (Å²) in [5.41, 5.74) is 9.34. The average molecular weight is 628 g/mol. The van der Waals surface area contributed by atoms with Crippen LogP contribution in [0.25, 0.3) is 33.1 Å². The van der Waals surface area contributed by atoms with Crippen molar-refractivity contribution in [2.45, 2.75) is 32.1 Å². The molecule has 4 aromatic heterocycles. The highest BCUT2D eigenvalue weighted by Crippen LogP contribution is 2.28. The Morgan fingerprint density at radius 1 is 1.09 bits per heavy atom. The molecule has 0 spiro atoms. The van der Waals surface area contributed by atoms with Crippen molar-refractivity contribution in [3.8, 4) is 11.1 Å². The first-order valence-corrected chi connectivity index (χ1v) is 15.1. The molecule has 3 N–H and O–H groups in total. The molecule has 16 heteroatoms. The van der Waals surface area contributed by atoms with Crippen molar-refractivity contribution in [1.29, 1.82) is 0 Å². The standard InChI is InChI=1S/C29H26FN11O3S/c1-15-20-10-19(12-33-27(20)41(37-15)29-32-6-7-45-29)36-28(44)23-9-18(30)13-39(23)24(42)14-40-22-3-2-16(17-4-5-34-35-11-17)8-21(22)25(38-40)26(31)43/h2-5,8,10-12,18,23H,6-7,9,13-14H2,1H3,(H2,31,43)(H,36,44). The molecule has 0 radical (unpaired) electrons. The number of nitrogens with one attached hydrogen (secondary N) is 1. The molecular weight excluding hydrogens is 601 g/mol. The number of anilines is 1. The van der Waals surface area contributed by atoms with Gasteiger partial charge in [0.2, 0.25) is 11.8 Å². The minimum Gasteiger partial charge on any atom is -0.364 e. The maximum Gasteiger partial charge on any atom is 0.269 e. The number of fused-ring (bicyclic) bond motifs is 2. The summed E-state index contributed by atoms with van der Waals surface area (Å²) in [4.78, 5) is 49.4. The van der Waals surface area contributed by atoms with Crippen LogP contribution < -0.4 is 11.1 Å². The van der Waals surface area contributed by atoms with Crippen molar-refractivity contribution in [1.82, 2.24) is 39.6 Å². The van der Waals surface area contributed by atoms with E-state index in [-0.39, 0.29) is 25.2 Å². The maximum absolute atomic E-state index is 14.7. The van der Waals surface area contributed by atoms with Gasteiger partial charge in [-0.2, -0.15) is 25.1 Å². The van der Waals surface area contributed by atoms with Gasteiger partial charge in [-0.05, 0) is 36.8 Å². The average Bonchev–Trinajstić information content (AvgIpc) is 3.84. The molecule has 3 amide bonds. The fourth-order valence-electron chi connectivity index (χ4n) is 5.67. The zero-order valence-corrected chi connectivity index (χ0v) is 24.7. The molecule has 1 fully saturated rings. The number of primary amides is 1. The lowest BCUT2D eigenvalue weighted by molar-refractivity contribution is -0.137. The summed E-state index contributed by atoms with van der Waals surface area (Å²) in [5, 5.41) is 21.3. The zero-order valence-electron chi connectivity index (χ0n) is 23.9. The summed E-state index contributed by atoms with van der Waals surface area (Å²) in [7, 11) is 0. The van der Waals surface area contributed by atoms with E-state index in [4.69, 9.17) is 5.73 Å². The first-order chi connectivity index (χ1) is 21.8. The summed E-state index contributed by atoms with van der Waals surface area (Å²) in [5.74, 6) is -0.952. The van der Waals surface area contributed by atoms with Crippen molar-refractivity contribution in [3.63, 3.8) is 0 Å². The van der Waals surface area contributed by atoms with Crippen LogP contribution in [0.1, 0.15) is 22.6 Å². The number of hydrogen-bond donors (Lipinski definition) is 2. The molecule has 1 aromatic carbocycles. The van der Waals surface area contributed by atoms with Crippen LogP contribution in [0.3, 0.4) is 0 Å². The largest absolute Gasteiger partial charge is 0.364 e. The summed E-state index contributed by atoms with van der Waals surface area (Å²) in [6, 6.07) is 7.72. The van der Waals surface area contributed by atoms with E-state index in [9.17, 15) is 18.8 Å². The number of benzene rings is 1. The molecule has 228 valence electrons. The van der Waals surface area contributed by atoms with E-state index < -0.39 is 29.9 Å². The van der Waals surface area contributed by atoms with E-state index in [0.29, 0.717) is 22.2 Å². The smallest absolute Gasteiger partial charge is 0.269 e. The lowest BCUT2D eigenvalue weighted by atomic mass is 10.0. The first-order valence-electron chi connectivity index (χ1n) is 14.1. The number of aliphatic imine (C=N–C) groups is 1. The summed E-state index contributed by atoms with van der Waals surface area (Å²) in [6.45, 7) is 1.98. The van der Waals surface area contributed by atoms with Crippen molar-refractivity contribution < 1.29 is 18.8 Å². The molecule has 2 atom stereocenters. The van der Waals surface area contributed by atoms with Crippen LogP contribution in [0.4, 0.5) is 10.1 Å². The molecule has 0 saturated carbocycles. The summed E-state index contributed by atoms with van der Waals surface area (Å²) >= 11 is 1.60. The third-order valence-electron chi connectivity index (χ3n) is 7.78. The number of nitrogens with two attached hydrogens (primary N) is 1. The van der Waals surface area contributed by atoms with E-state index in [1.807, 2.05) is 6.92 Å². The summed E-state index contributed by atoms with van der Waals surface area (Å²) < 4.78 is 17.7. The molecule has 0 bridgehead atoms. The molecule has 45 heavy (non-hydrogen) atoms. The highest BCUT2D eigenvalue weighted by Gasteiger charge is 2.40. The summed E-state index contributed by atoms with van der Waals surface area (Å²) in [6.07, 6.45) is 3.09. The Bertz CT molecular complexity index is 2030. The van der Waals surface area contributed by atoms with E-state index in [1.54, 1.807) is 59.2 Å². The Balaban J connectivity index is 1.12. The topological polar surface area (TPSA) is 179 Å². The second kappa shape index (κ2) is 11.4. The highest BCUT2D eigenvalue weighted by molar-refractivity contribution is 8.14. The number of amides is 3. The third kappa shape index (κ3) is 5.26. The number of likely N-dealkylation sites (tertiary alicyclic amines) is 1. The number of halogens is 1. The molecule has 6 heterocycles. The van der Waals surface area contributed by atoms with Crippen LogP contribution in [0.15, 0.2) is 53.9 Å². The lowest BCUT2D eigenvalue weighted by Crippen LogP contribution is -2.44. The van der Waals surface area contributed by atoms with Crippen molar-refractivity contribution in [2.24, 2.45) is 10.7 Å². The Morgan fingerprint density at radius 3 is 2.71 bits per heavy atom. The molecular formula is C29H26FN11O3S. The van der Waals surface area contributed by atoms with Gasteiger partial charge >= 0.3 is 0 Å². The lowest BCUT2D eigenvalue weighted by Gasteiger charge is -2.23. The number of hydrogen-bond acceptors (Lipinski definition) is 10. The molecule has 0 aliphatic carbocycles. The molecule has 2 aliphatic rings. The van der Waals surface area contributed by atoms with E-state index in [2.05, 4.69) is 35.7 Å². The van der Waals surface area contributed by atoms with Gasteiger partial charge in [-0.3, -0.25) is 24.1 Å². The van der Waals surface area contributed by atoms with Crippen LogP contribution in [-0.2, 0) is 16.1 Å². The Morgan fingerprint density at radius 2 is 1.96 bits per heavy atom. The molecule has 14 nitrogen and oxygen atoms in total. The number of nitrogens with zero attached hydrogens (tertiary/aromatic N) is 9. The fraction of sp³-hybridized carbons (Fsp3) is 0.276. The predicted octanol–water partition coefficient (Wildman–Crippen LogP) is 2.17. The predicted molar refractivity (Wildman–Crippen MR) is 165 cm³/mol. The number of carbonyl (C=O) groups excluding carboxylic acids is 3. The minimum atomic E-state index is -1.39. The van der Waals surface area contributed by atoms with Crippen molar-refractivity contribution >= 4 is 62.3 Å². The SMILES string of the molecule is Cc1nn(C2=NCCS2)c2ncc(NC(=O)C3CC(F)CN3C(=O)Cn3nc(C(N)=O)c4cc(-c5ccnnc5)ccc43)cc12. The van der Waals surface area contributed by atoms with Gasteiger partial charge in [0.15, 0.2) is 16.5 Å². The minimum absolute atomic E-state index is 0.0131. The van der Waals surface area contributed by atoms with E-state index >= 15 is 0 Å². The first kappa shape index (κ1) is 28.5. The number of aryl methyl sites for hydroxylation is 1. The van der Waals surface area contributed by atoms with Crippen molar-refractivity contribution in [2.75, 3.05) is 24.2 Å². The van der Waals surface area contributed by atoms with E-state index in [1.165, 1.54) is 15.8 Å². The van der Waals surface area contributed by atoms with Crippen molar-refractivity contribution in [3.05, 3.63) is 60.3 Å². The number of pyridine rings is 1. The van der Waals surface area contributed by atoms with Crippen LogP contribution in [0.5, 0.6) is 0 Å². The van der Waals surface area contributed by atoms with Gasteiger partial charge in [0.05, 0.1) is 48.6 Å². The Hall–Kier alpha value is -5.25. The van der Waals surface area contributed by atoms with Gasteiger partial charge in [0.1, 0.15) is 18.8 Å². The number of carbonyl (C=O) groups is 3. The molecule has 2 unspecified atom stereocenters. The molecule has 7 rings (SSSR count). The van der Waals surface area contributed by atoms with Gasteiger partial charge in [0, 0.05) is 28.5 Å². The Labute approximate surface area is 258 Å². The second-order valence-electron chi connectivity index (χ2n) is 10.7. The van der Waals surface area contributed by atoms with Crippen LogP contribution in [-0.4, -0.2) is 93.6 Å². The number of thioether (sulfide) groups is 1. The van der Waals surface area contributed by atoms with Gasteiger partial charge in [-0.1, -0.05) is 17.8 Å². The van der Waals surface area contributed by atoms with Crippen LogP contribution in [0.2, 0.25) is 0 Å². The monoisotopic (exact) mass is 627 g/mol. The quantitative estimate of drug-likeness (QED) is 0.285. The fourth-order valence-corrected chi connectivity index (χ4v) is 6.47. The second-order valence-corrected chi connectivity index (χ2v) is 11.8. The maximum atomic E-state index is 14.7. The van der Waals surface area contributed by atoms with E-state index in [0.717, 1.165) is 39.7 Å². The number of alkyl halides is 1. The van der Waals surface area contributed by atoms with Gasteiger partial charge in [0.25, 0.3) is 5.91 Å². The third-order valence-corrected chi connectivity index (χ3v) is 8.73. The molecule has 5 aromatic rings. The molecule has 1 saturated heterocycles. The zero-order chi connectivity index (χ0) is 31.2. The number of aromatic nitrogens is 7. The van der Waals surface area contributed by atoms with Gasteiger partial charge in [-0.25, -0.2) is 9.37 Å². The van der Waals surface area contributed by atoms with Gasteiger partial charge in [-0.15, -0.1) is 0 Å². The normalized spacial score (nSPS) is 18.1. The molecule has 2 aliphatic heterocycles. The van der Waals surface area contributed by atoms with Crippen LogP contribution in [0, 0.1) is 6.92 Å².